The lowest BCUT2D eigenvalue weighted by atomic mass is 10.1. The number of ether oxygens (including phenoxy) is 2. The number of nitrogen functional groups attached to an aromatic ring is 1. The molecule has 1 aromatic rings. The van der Waals surface area contributed by atoms with Crippen molar-refractivity contribution in [1.29, 1.82) is 0 Å². The van der Waals surface area contributed by atoms with Crippen LogP contribution in [0.5, 0.6) is 5.75 Å². The van der Waals surface area contributed by atoms with E-state index in [9.17, 15) is 9.59 Å². The summed E-state index contributed by atoms with van der Waals surface area (Å²) in [5.74, 6) is -1.63. The van der Waals surface area contributed by atoms with Gasteiger partial charge < -0.3 is 20.3 Å². The maximum absolute atomic E-state index is 11.8. The Morgan fingerprint density at radius 2 is 2.05 bits per heavy atom. The lowest BCUT2D eigenvalue weighted by molar-refractivity contribution is -0.151. The van der Waals surface area contributed by atoms with Crippen LogP contribution in [0.1, 0.15) is 37.0 Å². The van der Waals surface area contributed by atoms with Gasteiger partial charge in [-0.05, 0) is 25.5 Å². The first-order chi connectivity index (χ1) is 9.51. The van der Waals surface area contributed by atoms with Crippen molar-refractivity contribution < 1.29 is 24.2 Å². The molecular weight excluding hydrogens is 262 g/mol. The van der Waals surface area contributed by atoms with E-state index in [0.29, 0.717) is 12.8 Å². The van der Waals surface area contributed by atoms with Crippen molar-refractivity contribution in [2.75, 3.05) is 12.3 Å². The van der Waals surface area contributed by atoms with E-state index >= 15 is 0 Å². The predicted molar refractivity (Wildman–Crippen MR) is 73.8 cm³/mol. The van der Waals surface area contributed by atoms with E-state index < -0.39 is 18.0 Å². The van der Waals surface area contributed by atoms with Crippen LogP contribution in [0.25, 0.3) is 0 Å². The van der Waals surface area contributed by atoms with Gasteiger partial charge in [0.05, 0.1) is 6.61 Å². The largest absolute Gasteiger partial charge is 0.478 e. The highest BCUT2D eigenvalue weighted by Crippen LogP contribution is 2.26. The Hall–Kier alpha value is -2.24. The number of carbonyl (C=O) groups is 2. The second kappa shape index (κ2) is 7.37. The van der Waals surface area contributed by atoms with E-state index in [0.717, 1.165) is 0 Å². The zero-order chi connectivity index (χ0) is 15.1. The first-order valence-corrected chi connectivity index (χ1v) is 6.46. The Bertz CT molecular complexity index is 486. The molecule has 0 aliphatic carbocycles. The molecule has 0 fully saturated rings. The van der Waals surface area contributed by atoms with Crippen LogP contribution >= 0.6 is 0 Å². The monoisotopic (exact) mass is 281 g/mol. The van der Waals surface area contributed by atoms with Crippen LogP contribution < -0.4 is 10.5 Å². The highest BCUT2D eigenvalue weighted by atomic mass is 16.6. The Kier molecular flexibility index (Phi) is 5.83. The second-order valence-corrected chi connectivity index (χ2v) is 4.17. The minimum atomic E-state index is -1.20. The molecule has 1 rings (SSSR count). The smallest absolute Gasteiger partial charge is 0.347 e. The minimum Gasteiger partial charge on any atom is -0.478 e. The van der Waals surface area contributed by atoms with Crippen molar-refractivity contribution >= 4 is 17.6 Å². The highest BCUT2D eigenvalue weighted by molar-refractivity contribution is 5.96. The normalized spacial score (nSPS) is 11.7. The molecule has 0 aromatic heterocycles. The molecule has 3 N–H and O–H groups in total. The molecule has 0 aliphatic rings. The van der Waals surface area contributed by atoms with E-state index in [4.69, 9.17) is 20.3 Å². The van der Waals surface area contributed by atoms with Gasteiger partial charge in [-0.3, -0.25) is 0 Å². The van der Waals surface area contributed by atoms with E-state index in [1.807, 2.05) is 6.92 Å². The topological polar surface area (TPSA) is 98.9 Å². The van der Waals surface area contributed by atoms with Gasteiger partial charge in [-0.15, -0.1) is 0 Å². The zero-order valence-electron chi connectivity index (χ0n) is 11.6. The summed E-state index contributed by atoms with van der Waals surface area (Å²) < 4.78 is 10.4. The number of carboxylic acid groups (broad SMARTS) is 1. The molecular formula is C14H19NO5. The molecule has 0 saturated heterocycles. The molecule has 1 unspecified atom stereocenters. The first kappa shape index (κ1) is 15.8. The van der Waals surface area contributed by atoms with Gasteiger partial charge in [-0.1, -0.05) is 19.4 Å². The standard InChI is InChI=1S/C14H19NO5/c1-3-6-11(14(18)19-4-2)20-10-8-5-7-9(15)12(10)13(16)17/h5,7-8,11H,3-4,6,15H2,1-2H3,(H,16,17). The van der Waals surface area contributed by atoms with E-state index in [1.54, 1.807) is 13.0 Å². The third-order valence-electron chi connectivity index (χ3n) is 2.64. The van der Waals surface area contributed by atoms with Gasteiger partial charge in [0.25, 0.3) is 0 Å². The van der Waals surface area contributed by atoms with Gasteiger partial charge in [0.2, 0.25) is 0 Å². The molecule has 6 heteroatoms. The molecule has 1 atom stereocenters. The van der Waals surface area contributed by atoms with Gasteiger partial charge in [-0.2, -0.15) is 0 Å². The second-order valence-electron chi connectivity index (χ2n) is 4.17. The molecule has 0 bridgehead atoms. The lowest BCUT2D eigenvalue weighted by Crippen LogP contribution is -2.30. The highest BCUT2D eigenvalue weighted by Gasteiger charge is 2.24. The zero-order valence-corrected chi connectivity index (χ0v) is 11.6. The molecule has 0 saturated carbocycles. The van der Waals surface area contributed by atoms with Crippen molar-refractivity contribution in [1.82, 2.24) is 0 Å². The van der Waals surface area contributed by atoms with Crippen LogP contribution in [0.15, 0.2) is 18.2 Å². The molecule has 0 spiro atoms. The minimum absolute atomic E-state index is 0.0732. The Morgan fingerprint density at radius 1 is 1.35 bits per heavy atom. The number of benzene rings is 1. The molecule has 20 heavy (non-hydrogen) atoms. The van der Waals surface area contributed by atoms with Crippen LogP contribution in [0.2, 0.25) is 0 Å². The van der Waals surface area contributed by atoms with Crippen LogP contribution in [0.4, 0.5) is 5.69 Å². The number of carbonyl (C=O) groups excluding carboxylic acids is 1. The Labute approximate surface area is 117 Å². The van der Waals surface area contributed by atoms with E-state index in [2.05, 4.69) is 0 Å². The van der Waals surface area contributed by atoms with E-state index in [-0.39, 0.29) is 23.6 Å². The number of hydrogen-bond acceptors (Lipinski definition) is 5. The summed E-state index contributed by atoms with van der Waals surface area (Å²) in [6, 6.07) is 4.52. The number of aromatic carboxylic acids is 1. The summed E-state index contributed by atoms with van der Waals surface area (Å²) in [6.07, 6.45) is 0.306. The molecule has 0 radical (unpaired) electrons. The molecule has 0 amide bonds. The number of rotatable bonds is 7. The summed E-state index contributed by atoms with van der Waals surface area (Å²) in [5, 5.41) is 9.16. The lowest BCUT2D eigenvalue weighted by Gasteiger charge is -2.18. The Balaban J connectivity index is 3.02. The quantitative estimate of drug-likeness (QED) is 0.586. The number of anilines is 1. The fourth-order valence-electron chi connectivity index (χ4n) is 1.75. The number of hydrogen-bond donors (Lipinski definition) is 2. The van der Waals surface area contributed by atoms with Crippen molar-refractivity contribution in [3.05, 3.63) is 23.8 Å². The average Bonchev–Trinajstić information content (AvgIpc) is 2.38. The van der Waals surface area contributed by atoms with Gasteiger partial charge >= 0.3 is 11.9 Å². The Morgan fingerprint density at radius 3 is 2.60 bits per heavy atom. The van der Waals surface area contributed by atoms with Crippen LogP contribution in [0.3, 0.4) is 0 Å². The summed E-state index contributed by atoms with van der Waals surface area (Å²) in [6.45, 7) is 3.84. The van der Waals surface area contributed by atoms with E-state index in [1.165, 1.54) is 12.1 Å². The fourth-order valence-corrected chi connectivity index (χ4v) is 1.75. The van der Waals surface area contributed by atoms with Crippen molar-refractivity contribution in [3.63, 3.8) is 0 Å². The third-order valence-corrected chi connectivity index (χ3v) is 2.64. The van der Waals surface area contributed by atoms with Crippen LogP contribution in [0, 0.1) is 0 Å². The molecule has 6 nitrogen and oxygen atoms in total. The first-order valence-electron chi connectivity index (χ1n) is 6.46. The third kappa shape index (κ3) is 3.88. The average molecular weight is 281 g/mol. The van der Waals surface area contributed by atoms with Crippen molar-refractivity contribution in [2.24, 2.45) is 0 Å². The van der Waals surface area contributed by atoms with Gasteiger partial charge in [0, 0.05) is 5.69 Å². The maximum atomic E-state index is 11.8. The van der Waals surface area contributed by atoms with Gasteiger partial charge in [-0.25, -0.2) is 9.59 Å². The predicted octanol–water partition coefficient (Wildman–Crippen LogP) is 2.08. The molecule has 110 valence electrons. The van der Waals surface area contributed by atoms with Crippen LogP contribution in [-0.4, -0.2) is 29.8 Å². The maximum Gasteiger partial charge on any atom is 0.347 e. The molecule has 0 heterocycles. The number of carboxylic acids is 1. The molecule has 1 aromatic carbocycles. The summed E-state index contributed by atoms with van der Waals surface area (Å²) in [7, 11) is 0. The van der Waals surface area contributed by atoms with Crippen molar-refractivity contribution in [3.8, 4) is 5.75 Å². The number of nitrogens with two attached hydrogens (primary N) is 1. The summed E-state index contributed by atoms with van der Waals surface area (Å²) in [5.41, 5.74) is 5.58. The number of esters is 1. The fraction of sp³-hybridized carbons (Fsp3) is 0.429. The van der Waals surface area contributed by atoms with Gasteiger partial charge in [0.15, 0.2) is 6.10 Å². The molecule has 0 aliphatic heterocycles. The summed E-state index contributed by atoms with van der Waals surface area (Å²) in [4.78, 5) is 23.0. The summed E-state index contributed by atoms with van der Waals surface area (Å²) >= 11 is 0. The van der Waals surface area contributed by atoms with Gasteiger partial charge in [0.1, 0.15) is 11.3 Å². The van der Waals surface area contributed by atoms with Crippen molar-refractivity contribution in [2.45, 2.75) is 32.8 Å². The SMILES string of the molecule is CCCC(Oc1cccc(N)c1C(=O)O)C(=O)OCC. The van der Waals surface area contributed by atoms with Crippen LogP contribution in [-0.2, 0) is 9.53 Å².